The molecule has 2 saturated carbocycles. The predicted octanol–water partition coefficient (Wildman–Crippen LogP) is 2.15. The highest BCUT2D eigenvalue weighted by Gasteiger charge is 2.42. The lowest BCUT2D eigenvalue weighted by atomic mass is 9.93. The average molecular weight is 491 g/mol. The van der Waals surface area contributed by atoms with Crippen LogP contribution in [0, 0.1) is 17.3 Å². The molecule has 2 N–H and O–H groups in total. The minimum Gasteiger partial charge on any atom is -0.354 e. The predicted molar refractivity (Wildman–Crippen MR) is 122 cm³/mol. The Morgan fingerprint density at radius 3 is 2.22 bits per heavy atom. The summed E-state index contributed by atoms with van der Waals surface area (Å²) in [7, 11) is 1.85. The second-order valence-corrected chi connectivity index (χ2v) is 9.25. The zero-order valence-electron chi connectivity index (χ0n) is 17.5. The van der Waals surface area contributed by atoms with Crippen molar-refractivity contribution in [2.75, 3.05) is 46.3 Å². The van der Waals surface area contributed by atoms with E-state index in [2.05, 4.69) is 25.4 Å². The summed E-state index contributed by atoms with van der Waals surface area (Å²) in [5.41, 5.74) is -0.336. The number of halogens is 1. The third kappa shape index (κ3) is 5.71. The molecule has 7 heteroatoms. The number of carbonyl (C=O) groups excluding carboxylic acids is 1. The Balaban J connectivity index is 0.00000261. The normalized spacial score (nSPS) is 28.8. The van der Waals surface area contributed by atoms with E-state index in [1.807, 2.05) is 27.8 Å². The van der Waals surface area contributed by atoms with E-state index < -0.39 is 0 Å². The highest BCUT2D eigenvalue weighted by Crippen LogP contribution is 2.46. The van der Waals surface area contributed by atoms with E-state index in [-0.39, 0.29) is 35.3 Å². The summed E-state index contributed by atoms with van der Waals surface area (Å²) in [6.07, 6.45) is 5.85. The molecule has 0 aromatic carbocycles. The average Bonchev–Trinajstić information content (AvgIpc) is 3.24. The molecule has 3 rings (SSSR count). The molecule has 0 aromatic rings. The van der Waals surface area contributed by atoms with E-state index in [0.29, 0.717) is 13.1 Å². The van der Waals surface area contributed by atoms with Crippen molar-refractivity contribution < 1.29 is 4.79 Å². The number of carbonyl (C=O) groups is 1. The van der Waals surface area contributed by atoms with Gasteiger partial charge in [0, 0.05) is 57.8 Å². The molecule has 3 fully saturated rings. The van der Waals surface area contributed by atoms with Crippen molar-refractivity contribution in [3.63, 3.8) is 0 Å². The van der Waals surface area contributed by atoms with Gasteiger partial charge < -0.3 is 15.5 Å². The first-order valence-electron chi connectivity index (χ1n) is 10.4. The van der Waals surface area contributed by atoms with E-state index in [4.69, 9.17) is 0 Å². The number of aliphatic imine (C=N–C) groups is 1. The number of fused-ring (bicyclic) bond motifs is 2. The Kier molecular flexibility index (Phi) is 8.21. The molecule has 3 aliphatic rings. The minimum absolute atomic E-state index is 0. The summed E-state index contributed by atoms with van der Waals surface area (Å²) >= 11 is 0. The Hall–Kier alpha value is -0.570. The number of amides is 1. The molecule has 3 atom stereocenters. The van der Waals surface area contributed by atoms with Gasteiger partial charge >= 0.3 is 0 Å². The second kappa shape index (κ2) is 9.76. The zero-order valence-corrected chi connectivity index (χ0v) is 19.8. The Morgan fingerprint density at radius 1 is 1.04 bits per heavy atom. The summed E-state index contributed by atoms with van der Waals surface area (Å²) in [6.45, 7) is 11.5. The van der Waals surface area contributed by atoms with E-state index in [9.17, 15) is 4.79 Å². The van der Waals surface area contributed by atoms with Gasteiger partial charge in [0.1, 0.15) is 0 Å². The molecular weight excluding hydrogens is 453 g/mol. The van der Waals surface area contributed by atoms with Gasteiger partial charge in [-0.3, -0.25) is 14.7 Å². The van der Waals surface area contributed by atoms with Crippen molar-refractivity contribution in [1.29, 1.82) is 0 Å². The molecule has 6 nitrogen and oxygen atoms in total. The quantitative estimate of drug-likeness (QED) is 0.274. The van der Waals surface area contributed by atoms with E-state index in [1.54, 1.807) is 0 Å². The second-order valence-electron chi connectivity index (χ2n) is 9.25. The fourth-order valence-corrected chi connectivity index (χ4v) is 4.87. The maximum Gasteiger partial charge on any atom is 0.225 e. The number of hydrogen-bond donors (Lipinski definition) is 2. The van der Waals surface area contributed by atoms with Gasteiger partial charge in [-0.25, -0.2) is 0 Å². The van der Waals surface area contributed by atoms with Gasteiger partial charge in [-0.1, -0.05) is 27.2 Å². The summed E-state index contributed by atoms with van der Waals surface area (Å²) in [4.78, 5) is 21.4. The van der Waals surface area contributed by atoms with Gasteiger partial charge in [0.05, 0.1) is 0 Å². The molecule has 2 aliphatic carbocycles. The summed E-state index contributed by atoms with van der Waals surface area (Å²) in [6, 6.07) is 0.846. The van der Waals surface area contributed by atoms with Gasteiger partial charge in [0.15, 0.2) is 5.96 Å². The van der Waals surface area contributed by atoms with Crippen LogP contribution in [0.1, 0.15) is 46.5 Å². The number of rotatable bonds is 4. The Labute approximate surface area is 181 Å². The standard InChI is InChI=1S/C20H37N5O.HI/c1-20(2,3)18(26)22-7-8-23-19(21-4)25-11-9-24(10-12-25)17-14-15-5-6-16(17)13-15;/h15-17H,5-14H2,1-4H3,(H,21,23)(H,22,26);1H. The van der Waals surface area contributed by atoms with Crippen molar-refractivity contribution in [3.8, 4) is 0 Å². The summed E-state index contributed by atoms with van der Waals surface area (Å²) in [5.74, 6) is 3.03. The number of guanidine groups is 1. The van der Waals surface area contributed by atoms with Gasteiger partial charge in [-0.2, -0.15) is 0 Å². The number of hydrogen-bond acceptors (Lipinski definition) is 3. The molecule has 3 unspecified atom stereocenters. The molecule has 0 aromatic heterocycles. The lowest BCUT2D eigenvalue weighted by molar-refractivity contribution is -0.128. The highest BCUT2D eigenvalue weighted by atomic mass is 127. The largest absolute Gasteiger partial charge is 0.354 e. The van der Waals surface area contributed by atoms with Crippen LogP contribution in [0.2, 0.25) is 0 Å². The first-order valence-corrected chi connectivity index (χ1v) is 10.4. The first-order chi connectivity index (χ1) is 12.4. The van der Waals surface area contributed by atoms with Crippen LogP contribution in [0.3, 0.4) is 0 Å². The lowest BCUT2D eigenvalue weighted by Crippen LogP contribution is -2.56. The van der Waals surface area contributed by atoms with Crippen molar-refractivity contribution in [1.82, 2.24) is 20.4 Å². The molecule has 1 amide bonds. The van der Waals surface area contributed by atoms with E-state index >= 15 is 0 Å². The van der Waals surface area contributed by atoms with E-state index in [0.717, 1.165) is 50.0 Å². The smallest absolute Gasteiger partial charge is 0.225 e. The van der Waals surface area contributed by atoms with Crippen LogP contribution in [0.15, 0.2) is 4.99 Å². The molecule has 0 spiro atoms. The minimum atomic E-state index is -0.336. The maximum absolute atomic E-state index is 11.9. The topological polar surface area (TPSA) is 60.0 Å². The molecule has 2 bridgehead atoms. The van der Waals surface area contributed by atoms with Gasteiger partial charge in [-0.05, 0) is 31.1 Å². The van der Waals surface area contributed by atoms with Crippen LogP contribution in [0.4, 0.5) is 0 Å². The van der Waals surface area contributed by atoms with Crippen molar-refractivity contribution >= 4 is 35.8 Å². The van der Waals surface area contributed by atoms with Gasteiger partial charge in [-0.15, -0.1) is 24.0 Å². The van der Waals surface area contributed by atoms with Crippen molar-refractivity contribution in [3.05, 3.63) is 0 Å². The number of nitrogens with zero attached hydrogens (tertiary/aromatic N) is 3. The summed E-state index contributed by atoms with van der Waals surface area (Å²) in [5, 5.41) is 6.38. The highest BCUT2D eigenvalue weighted by molar-refractivity contribution is 14.0. The fraction of sp³-hybridized carbons (Fsp3) is 0.900. The fourth-order valence-electron chi connectivity index (χ4n) is 4.87. The lowest BCUT2D eigenvalue weighted by Gasteiger charge is -2.42. The van der Waals surface area contributed by atoms with Crippen LogP contribution in [-0.4, -0.2) is 74.0 Å². The Bertz CT molecular complexity index is 525. The molecule has 1 heterocycles. The Morgan fingerprint density at radius 2 is 1.70 bits per heavy atom. The SMILES string of the molecule is CN=C(NCCNC(=O)C(C)(C)C)N1CCN(C2CC3CCC2C3)CC1.I. The van der Waals surface area contributed by atoms with E-state index in [1.165, 1.54) is 25.7 Å². The summed E-state index contributed by atoms with van der Waals surface area (Å²) < 4.78 is 0. The molecular formula is C20H38IN5O. The number of piperazine rings is 1. The van der Waals surface area contributed by atoms with Crippen LogP contribution in [0.5, 0.6) is 0 Å². The molecule has 1 saturated heterocycles. The van der Waals surface area contributed by atoms with Crippen molar-refractivity contribution in [2.24, 2.45) is 22.2 Å². The third-order valence-electron chi connectivity index (χ3n) is 6.37. The molecule has 1 aliphatic heterocycles. The van der Waals surface area contributed by atoms with Crippen LogP contribution >= 0.6 is 24.0 Å². The maximum atomic E-state index is 11.9. The molecule has 156 valence electrons. The number of nitrogens with one attached hydrogen (secondary N) is 2. The van der Waals surface area contributed by atoms with Gasteiger partial charge in [0.25, 0.3) is 0 Å². The third-order valence-corrected chi connectivity index (χ3v) is 6.37. The van der Waals surface area contributed by atoms with Crippen LogP contribution < -0.4 is 10.6 Å². The van der Waals surface area contributed by atoms with Crippen molar-refractivity contribution in [2.45, 2.75) is 52.5 Å². The van der Waals surface area contributed by atoms with Gasteiger partial charge in [0.2, 0.25) is 5.91 Å². The zero-order chi connectivity index (χ0) is 18.7. The molecule has 0 radical (unpaired) electrons. The first kappa shape index (κ1) is 22.7. The van der Waals surface area contributed by atoms with Crippen LogP contribution in [0.25, 0.3) is 0 Å². The monoisotopic (exact) mass is 491 g/mol. The molecule has 27 heavy (non-hydrogen) atoms. The van der Waals surface area contributed by atoms with Crippen LogP contribution in [-0.2, 0) is 4.79 Å².